The molecule has 1 aromatic carbocycles. The summed E-state index contributed by atoms with van der Waals surface area (Å²) in [6.45, 7) is 6.60. The summed E-state index contributed by atoms with van der Waals surface area (Å²) in [5.41, 5.74) is 12.6. The van der Waals surface area contributed by atoms with E-state index in [1.807, 2.05) is 6.07 Å². The molecule has 2 unspecified atom stereocenters. The highest BCUT2D eigenvalue weighted by atomic mass is 15.5. The predicted molar refractivity (Wildman–Crippen MR) is 73.8 cm³/mol. The fraction of sp³-hybridized carbons (Fsp3) is 0.571. The Kier molecular flexibility index (Phi) is 3.57. The maximum Gasteiger partial charge on any atom is 0.0720 e. The summed E-state index contributed by atoms with van der Waals surface area (Å²) in [4.78, 5) is 0. The number of hydrazine groups is 1. The van der Waals surface area contributed by atoms with E-state index in [-0.39, 0.29) is 0 Å². The van der Waals surface area contributed by atoms with Crippen LogP contribution in [0.4, 0.5) is 11.4 Å². The lowest BCUT2D eigenvalue weighted by Crippen LogP contribution is -2.47. The molecule has 3 nitrogen and oxygen atoms in total. The van der Waals surface area contributed by atoms with Crippen LogP contribution in [0.15, 0.2) is 18.2 Å². The molecule has 3 heteroatoms. The lowest BCUT2D eigenvalue weighted by atomic mass is 10.00. The van der Waals surface area contributed by atoms with Gasteiger partial charge >= 0.3 is 0 Å². The lowest BCUT2D eigenvalue weighted by Gasteiger charge is -2.39. The molecule has 94 valence electrons. The molecule has 1 aliphatic rings. The Morgan fingerprint density at radius 1 is 1.24 bits per heavy atom. The van der Waals surface area contributed by atoms with E-state index in [4.69, 9.17) is 5.73 Å². The minimum absolute atomic E-state index is 0.569. The average molecular weight is 233 g/mol. The number of nitrogens with zero attached hydrogens (tertiary/aromatic N) is 1. The van der Waals surface area contributed by atoms with Crippen molar-refractivity contribution >= 4 is 11.4 Å². The molecule has 2 rings (SSSR count). The Labute approximate surface area is 104 Å². The fourth-order valence-electron chi connectivity index (χ4n) is 2.56. The number of aryl methyl sites for hydroxylation is 1. The first kappa shape index (κ1) is 12.2. The molecule has 17 heavy (non-hydrogen) atoms. The van der Waals surface area contributed by atoms with Crippen molar-refractivity contribution in [1.29, 1.82) is 0 Å². The van der Waals surface area contributed by atoms with Gasteiger partial charge in [0.05, 0.1) is 11.4 Å². The summed E-state index contributed by atoms with van der Waals surface area (Å²) in [6, 6.07) is 7.32. The molecule has 1 heterocycles. The Bertz CT molecular complexity index is 379. The topological polar surface area (TPSA) is 41.3 Å². The van der Waals surface area contributed by atoms with Crippen molar-refractivity contribution in [2.24, 2.45) is 0 Å². The van der Waals surface area contributed by atoms with Gasteiger partial charge in [-0.05, 0) is 51.3 Å². The zero-order chi connectivity index (χ0) is 12.4. The van der Waals surface area contributed by atoms with Gasteiger partial charge in [-0.25, -0.2) is 5.01 Å². The van der Waals surface area contributed by atoms with Crippen LogP contribution < -0.4 is 11.2 Å². The number of nitrogen functional groups attached to an aromatic ring is 1. The second kappa shape index (κ2) is 4.96. The Hall–Kier alpha value is -1.22. The molecule has 2 atom stereocenters. The van der Waals surface area contributed by atoms with E-state index in [0.29, 0.717) is 12.1 Å². The first-order valence-corrected chi connectivity index (χ1v) is 6.49. The number of anilines is 2. The van der Waals surface area contributed by atoms with Crippen molar-refractivity contribution in [2.75, 3.05) is 11.2 Å². The van der Waals surface area contributed by atoms with Crippen LogP contribution in [0.1, 0.15) is 38.7 Å². The highest BCUT2D eigenvalue weighted by Gasteiger charge is 2.24. The first-order valence-electron chi connectivity index (χ1n) is 6.49. The molecule has 3 N–H and O–H groups in total. The Morgan fingerprint density at radius 3 is 2.47 bits per heavy atom. The summed E-state index contributed by atoms with van der Waals surface area (Å²) < 4.78 is 0. The monoisotopic (exact) mass is 233 g/mol. The smallest absolute Gasteiger partial charge is 0.0720 e. The van der Waals surface area contributed by atoms with Gasteiger partial charge in [0.15, 0.2) is 0 Å². The average Bonchev–Trinajstić information content (AvgIpc) is 2.26. The van der Waals surface area contributed by atoms with Crippen molar-refractivity contribution in [3.05, 3.63) is 23.8 Å². The molecule has 1 saturated heterocycles. The maximum atomic E-state index is 6.04. The summed E-state index contributed by atoms with van der Waals surface area (Å²) in [5.74, 6) is 0. The Balaban J connectivity index is 2.13. The van der Waals surface area contributed by atoms with Gasteiger partial charge in [0.25, 0.3) is 0 Å². The normalized spacial score (nSPS) is 25.8. The molecule has 1 fully saturated rings. The van der Waals surface area contributed by atoms with Gasteiger partial charge in [-0.1, -0.05) is 12.5 Å². The Morgan fingerprint density at radius 2 is 1.88 bits per heavy atom. The lowest BCUT2D eigenvalue weighted by molar-refractivity contribution is 0.136. The molecule has 0 amide bonds. The molecule has 0 aliphatic carbocycles. The first-order chi connectivity index (χ1) is 8.08. The standard InChI is InChI=1S/C14H23N3/c1-10-7-8-14(13(15)9-10)16-17-11(2)5-4-6-12(17)3/h7-9,11-12,16H,4-6,15H2,1-3H3. The van der Waals surface area contributed by atoms with E-state index in [0.717, 1.165) is 11.4 Å². The highest BCUT2D eigenvalue weighted by Crippen LogP contribution is 2.26. The molecule has 0 aromatic heterocycles. The third-order valence-corrected chi connectivity index (χ3v) is 3.65. The summed E-state index contributed by atoms with van der Waals surface area (Å²) >= 11 is 0. The molecular formula is C14H23N3. The number of hydrogen-bond acceptors (Lipinski definition) is 3. The maximum absolute atomic E-state index is 6.04. The molecule has 1 aromatic rings. The third-order valence-electron chi connectivity index (χ3n) is 3.65. The van der Waals surface area contributed by atoms with Gasteiger partial charge in [0, 0.05) is 12.1 Å². The van der Waals surface area contributed by atoms with E-state index < -0.39 is 0 Å². The van der Waals surface area contributed by atoms with E-state index in [1.165, 1.54) is 24.8 Å². The second-order valence-corrected chi connectivity index (χ2v) is 5.24. The van der Waals surface area contributed by atoms with Crippen molar-refractivity contribution in [2.45, 2.75) is 52.1 Å². The van der Waals surface area contributed by atoms with Crippen LogP contribution in [0, 0.1) is 6.92 Å². The zero-order valence-electron chi connectivity index (χ0n) is 11.0. The minimum atomic E-state index is 0.569. The predicted octanol–water partition coefficient (Wildman–Crippen LogP) is 3.17. The van der Waals surface area contributed by atoms with Crippen molar-refractivity contribution < 1.29 is 0 Å². The van der Waals surface area contributed by atoms with Gasteiger partial charge in [-0.15, -0.1) is 0 Å². The number of nitrogens with one attached hydrogen (secondary N) is 1. The third kappa shape index (κ3) is 2.72. The number of rotatable bonds is 2. The fourth-order valence-corrected chi connectivity index (χ4v) is 2.56. The number of nitrogens with two attached hydrogens (primary N) is 1. The van der Waals surface area contributed by atoms with Crippen LogP contribution in [-0.4, -0.2) is 17.1 Å². The molecular weight excluding hydrogens is 210 g/mol. The van der Waals surface area contributed by atoms with E-state index in [9.17, 15) is 0 Å². The quantitative estimate of drug-likeness (QED) is 0.771. The largest absolute Gasteiger partial charge is 0.397 e. The van der Waals surface area contributed by atoms with Crippen LogP contribution in [0.2, 0.25) is 0 Å². The van der Waals surface area contributed by atoms with Crippen molar-refractivity contribution in [1.82, 2.24) is 5.01 Å². The van der Waals surface area contributed by atoms with Crippen LogP contribution in [-0.2, 0) is 0 Å². The summed E-state index contributed by atoms with van der Waals surface area (Å²) in [7, 11) is 0. The van der Waals surface area contributed by atoms with E-state index in [1.54, 1.807) is 0 Å². The summed E-state index contributed by atoms with van der Waals surface area (Å²) in [5, 5.41) is 2.34. The molecule has 0 bridgehead atoms. The van der Waals surface area contributed by atoms with Crippen molar-refractivity contribution in [3.63, 3.8) is 0 Å². The van der Waals surface area contributed by atoms with E-state index in [2.05, 4.69) is 43.3 Å². The molecule has 1 aliphatic heterocycles. The minimum Gasteiger partial charge on any atom is -0.397 e. The second-order valence-electron chi connectivity index (χ2n) is 5.24. The highest BCUT2D eigenvalue weighted by molar-refractivity contribution is 5.66. The van der Waals surface area contributed by atoms with Crippen LogP contribution in [0.25, 0.3) is 0 Å². The summed E-state index contributed by atoms with van der Waals surface area (Å²) in [6.07, 6.45) is 3.83. The van der Waals surface area contributed by atoms with Gasteiger partial charge in [0.2, 0.25) is 0 Å². The molecule has 0 radical (unpaired) electrons. The van der Waals surface area contributed by atoms with Crippen molar-refractivity contribution in [3.8, 4) is 0 Å². The van der Waals surface area contributed by atoms with E-state index >= 15 is 0 Å². The number of hydrogen-bond donors (Lipinski definition) is 2. The number of piperidine rings is 1. The van der Waals surface area contributed by atoms with Gasteiger partial charge < -0.3 is 11.2 Å². The number of benzene rings is 1. The SMILES string of the molecule is Cc1ccc(NN2C(C)CCCC2C)c(N)c1. The van der Waals surface area contributed by atoms with Gasteiger partial charge in [-0.2, -0.15) is 0 Å². The molecule has 0 spiro atoms. The van der Waals surface area contributed by atoms with Crippen LogP contribution in [0.3, 0.4) is 0 Å². The van der Waals surface area contributed by atoms with Crippen LogP contribution in [0.5, 0.6) is 0 Å². The van der Waals surface area contributed by atoms with Crippen LogP contribution >= 0.6 is 0 Å². The molecule has 0 saturated carbocycles. The van der Waals surface area contributed by atoms with Gasteiger partial charge in [0.1, 0.15) is 0 Å². The zero-order valence-corrected chi connectivity index (χ0v) is 11.0. The van der Waals surface area contributed by atoms with Gasteiger partial charge in [-0.3, -0.25) is 0 Å².